The van der Waals surface area contributed by atoms with Gasteiger partial charge in [0.25, 0.3) is 0 Å². The molecule has 1 rings (SSSR count). The second kappa shape index (κ2) is 4.77. The zero-order chi connectivity index (χ0) is 8.97. The summed E-state index contributed by atoms with van der Waals surface area (Å²) in [6.45, 7) is 3.63. The van der Waals surface area contributed by atoms with Crippen molar-refractivity contribution >= 4 is 0 Å². The van der Waals surface area contributed by atoms with E-state index in [4.69, 9.17) is 5.11 Å². The fourth-order valence-electron chi connectivity index (χ4n) is 1.92. The third kappa shape index (κ3) is 2.42. The van der Waals surface area contributed by atoms with E-state index in [2.05, 4.69) is 11.8 Å². The average Bonchev–Trinajstić information content (AvgIpc) is 2.09. The van der Waals surface area contributed by atoms with E-state index in [0.29, 0.717) is 18.5 Å². The van der Waals surface area contributed by atoms with E-state index in [1.54, 1.807) is 0 Å². The van der Waals surface area contributed by atoms with Gasteiger partial charge >= 0.3 is 0 Å². The second-order valence-electron chi connectivity index (χ2n) is 3.65. The third-order valence-corrected chi connectivity index (χ3v) is 2.75. The van der Waals surface area contributed by atoms with Crippen molar-refractivity contribution in [2.24, 2.45) is 5.92 Å². The maximum Gasteiger partial charge on any atom is 0.102 e. The first-order chi connectivity index (χ1) is 5.77. The first-order valence-electron chi connectivity index (χ1n) is 4.68. The molecule has 0 bridgehead atoms. The summed E-state index contributed by atoms with van der Waals surface area (Å²) >= 11 is 0. The number of nitrogens with zero attached hydrogens (tertiary/aromatic N) is 1. The van der Waals surface area contributed by atoms with Crippen molar-refractivity contribution in [1.82, 2.24) is 4.90 Å². The monoisotopic (exact) mass is 175 g/mol. The Kier molecular flexibility index (Phi) is 3.95. The molecule has 0 spiro atoms. The van der Waals surface area contributed by atoms with Crippen molar-refractivity contribution in [3.05, 3.63) is 0 Å². The maximum absolute atomic E-state index is 12.0. The largest absolute Gasteiger partial charge is 0.396 e. The van der Waals surface area contributed by atoms with E-state index in [-0.39, 0.29) is 13.3 Å². The molecule has 0 radical (unpaired) electrons. The Morgan fingerprint density at radius 3 is 2.83 bits per heavy atom. The molecule has 0 aliphatic carbocycles. The van der Waals surface area contributed by atoms with Crippen LogP contribution < -0.4 is 0 Å². The summed E-state index contributed by atoms with van der Waals surface area (Å²) in [5.74, 6) is 0.441. The molecule has 2 nitrogen and oxygen atoms in total. The highest BCUT2D eigenvalue weighted by atomic mass is 19.1. The SMILES string of the molecule is C[C@H]1C[C@@H](CO)CCN1CCF. The van der Waals surface area contributed by atoms with Gasteiger partial charge in [0.2, 0.25) is 0 Å². The molecule has 1 heterocycles. The standard InChI is InChI=1S/C9H18FNO/c1-8-6-9(7-12)2-4-11(8)5-3-10/h8-9,12H,2-7H2,1H3/t8-,9-/m0/s1. The normalized spacial score (nSPS) is 32.2. The molecule has 1 saturated heterocycles. The molecule has 0 amide bonds. The fraction of sp³-hybridized carbons (Fsp3) is 1.00. The predicted molar refractivity (Wildman–Crippen MR) is 46.8 cm³/mol. The number of hydrogen-bond donors (Lipinski definition) is 1. The van der Waals surface area contributed by atoms with Crippen LogP contribution in [-0.4, -0.2) is 42.4 Å². The van der Waals surface area contributed by atoms with Gasteiger partial charge in [-0.2, -0.15) is 0 Å². The number of alkyl halides is 1. The van der Waals surface area contributed by atoms with Crippen molar-refractivity contribution < 1.29 is 9.50 Å². The second-order valence-corrected chi connectivity index (χ2v) is 3.65. The summed E-state index contributed by atoms with van der Waals surface area (Å²) in [7, 11) is 0. The lowest BCUT2D eigenvalue weighted by atomic mass is 9.92. The van der Waals surface area contributed by atoms with E-state index >= 15 is 0 Å². The molecular weight excluding hydrogens is 157 g/mol. The van der Waals surface area contributed by atoms with Gasteiger partial charge in [-0.1, -0.05) is 0 Å². The Balaban J connectivity index is 2.31. The number of aliphatic hydroxyl groups is 1. The molecule has 1 fully saturated rings. The zero-order valence-corrected chi connectivity index (χ0v) is 7.67. The van der Waals surface area contributed by atoms with Crippen molar-refractivity contribution in [3.8, 4) is 0 Å². The number of aliphatic hydroxyl groups excluding tert-OH is 1. The summed E-state index contributed by atoms with van der Waals surface area (Å²) in [5.41, 5.74) is 0. The minimum Gasteiger partial charge on any atom is -0.396 e. The van der Waals surface area contributed by atoms with Gasteiger partial charge in [0, 0.05) is 19.2 Å². The fourth-order valence-corrected chi connectivity index (χ4v) is 1.92. The molecule has 72 valence electrons. The topological polar surface area (TPSA) is 23.5 Å². The number of likely N-dealkylation sites (tertiary alicyclic amines) is 1. The Morgan fingerprint density at radius 1 is 1.58 bits per heavy atom. The van der Waals surface area contributed by atoms with E-state index in [0.717, 1.165) is 19.4 Å². The van der Waals surface area contributed by atoms with Crippen LogP contribution in [0.15, 0.2) is 0 Å². The third-order valence-electron chi connectivity index (χ3n) is 2.75. The number of hydrogen-bond acceptors (Lipinski definition) is 2. The number of rotatable bonds is 3. The van der Waals surface area contributed by atoms with Gasteiger partial charge in [-0.25, -0.2) is 4.39 Å². The van der Waals surface area contributed by atoms with E-state index < -0.39 is 0 Å². The van der Waals surface area contributed by atoms with Gasteiger partial charge in [-0.3, -0.25) is 4.90 Å². The van der Waals surface area contributed by atoms with Gasteiger partial charge in [0.05, 0.1) is 0 Å². The number of piperidine rings is 1. The molecule has 0 aromatic rings. The predicted octanol–water partition coefficient (Wildman–Crippen LogP) is 1.05. The van der Waals surface area contributed by atoms with Gasteiger partial charge in [0.15, 0.2) is 0 Å². The molecule has 1 N–H and O–H groups in total. The summed E-state index contributed by atoms with van der Waals surface area (Å²) in [5, 5.41) is 8.93. The molecule has 0 aromatic heterocycles. The maximum atomic E-state index is 12.0. The van der Waals surface area contributed by atoms with Gasteiger partial charge in [0.1, 0.15) is 6.67 Å². The molecule has 12 heavy (non-hydrogen) atoms. The van der Waals surface area contributed by atoms with Crippen LogP contribution in [-0.2, 0) is 0 Å². The molecule has 1 aliphatic rings. The van der Waals surface area contributed by atoms with Crippen LogP contribution >= 0.6 is 0 Å². The molecule has 0 unspecified atom stereocenters. The van der Waals surface area contributed by atoms with E-state index in [1.807, 2.05) is 0 Å². The minimum atomic E-state index is -0.256. The van der Waals surface area contributed by atoms with Crippen LogP contribution in [0.2, 0.25) is 0 Å². The Labute approximate surface area is 73.4 Å². The molecule has 0 saturated carbocycles. The van der Waals surface area contributed by atoms with E-state index in [1.165, 1.54) is 0 Å². The van der Waals surface area contributed by atoms with Crippen molar-refractivity contribution in [1.29, 1.82) is 0 Å². The summed E-state index contributed by atoms with van der Waals surface area (Å²) in [4.78, 5) is 2.16. The van der Waals surface area contributed by atoms with Crippen LogP contribution in [0.3, 0.4) is 0 Å². The number of halogens is 1. The Bertz CT molecular complexity index is 132. The Hall–Kier alpha value is -0.150. The highest BCUT2D eigenvalue weighted by molar-refractivity contribution is 4.78. The summed E-state index contributed by atoms with van der Waals surface area (Å²) < 4.78 is 12.0. The van der Waals surface area contributed by atoms with Crippen LogP contribution in [0.5, 0.6) is 0 Å². The highest BCUT2D eigenvalue weighted by Gasteiger charge is 2.24. The van der Waals surface area contributed by atoms with E-state index in [9.17, 15) is 4.39 Å². The van der Waals surface area contributed by atoms with Crippen LogP contribution in [0, 0.1) is 5.92 Å². The Morgan fingerprint density at radius 2 is 2.33 bits per heavy atom. The minimum absolute atomic E-state index is 0.256. The van der Waals surface area contributed by atoms with Gasteiger partial charge < -0.3 is 5.11 Å². The first kappa shape index (κ1) is 9.93. The van der Waals surface area contributed by atoms with Crippen molar-refractivity contribution in [3.63, 3.8) is 0 Å². The lowest BCUT2D eigenvalue weighted by Gasteiger charge is -2.36. The molecule has 3 heteroatoms. The van der Waals surface area contributed by atoms with Crippen LogP contribution in [0.1, 0.15) is 19.8 Å². The van der Waals surface area contributed by atoms with Crippen molar-refractivity contribution in [2.75, 3.05) is 26.4 Å². The lowest BCUT2D eigenvalue weighted by molar-refractivity contribution is 0.0845. The average molecular weight is 175 g/mol. The summed E-state index contributed by atoms with van der Waals surface area (Å²) in [6, 6.07) is 0.437. The molecule has 0 aromatic carbocycles. The quantitative estimate of drug-likeness (QED) is 0.693. The first-order valence-corrected chi connectivity index (χ1v) is 4.68. The molecular formula is C9H18FNO. The van der Waals surface area contributed by atoms with Crippen molar-refractivity contribution in [2.45, 2.75) is 25.8 Å². The lowest BCUT2D eigenvalue weighted by Crippen LogP contribution is -2.42. The van der Waals surface area contributed by atoms with Gasteiger partial charge in [-0.15, -0.1) is 0 Å². The highest BCUT2D eigenvalue weighted by Crippen LogP contribution is 2.21. The molecule has 2 atom stereocenters. The molecule has 1 aliphatic heterocycles. The smallest absolute Gasteiger partial charge is 0.102 e. The zero-order valence-electron chi connectivity index (χ0n) is 7.67. The summed E-state index contributed by atoms with van der Waals surface area (Å²) in [6.07, 6.45) is 2.03. The van der Waals surface area contributed by atoms with Crippen LogP contribution in [0.25, 0.3) is 0 Å². The van der Waals surface area contributed by atoms with Crippen LogP contribution in [0.4, 0.5) is 4.39 Å². The van der Waals surface area contributed by atoms with Gasteiger partial charge in [-0.05, 0) is 32.2 Å².